The molecule has 8 heteroatoms. The summed E-state index contributed by atoms with van der Waals surface area (Å²) in [6.45, 7) is 2.90. The normalized spacial score (nSPS) is 15.5. The summed E-state index contributed by atoms with van der Waals surface area (Å²) in [4.78, 5) is 8.77. The van der Waals surface area contributed by atoms with E-state index in [1.54, 1.807) is 19.5 Å². The molecule has 3 aromatic rings. The van der Waals surface area contributed by atoms with Crippen LogP contribution in [0.2, 0.25) is 0 Å². The third-order valence-electron chi connectivity index (χ3n) is 5.10. The number of rotatable bonds is 7. The summed E-state index contributed by atoms with van der Waals surface area (Å²) >= 11 is 0. The Morgan fingerprint density at radius 1 is 1.14 bits per heavy atom. The number of hydrogen-bond donors (Lipinski definition) is 1. The van der Waals surface area contributed by atoms with Crippen LogP contribution in [0.15, 0.2) is 53.3 Å². The zero-order valence-corrected chi connectivity index (χ0v) is 17.2. The van der Waals surface area contributed by atoms with Crippen molar-refractivity contribution in [2.75, 3.05) is 26.8 Å². The maximum Gasteiger partial charge on any atom is 0.235 e. The highest BCUT2D eigenvalue weighted by atomic mass is 35.5. The predicted octanol–water partition coefficient (Wildman–Crippen LogP) is 3.40. The van der Waals surface area contributed by atoms with Gasteiger partial charge in [0.15, 0.2) is 0 Å². The van der Waals surface area contributed by atoms with E-state index in [9.17, 15) is 0 Å². The van der Waals surface area contributed by atoms with Crippen molar-refractivity contribution in [1.29, 1.82) is 0 Å². The van der Waals surface area contributed by atoms with Crippen molar-refractivity contribution in [2.24, 2.45) is 0 Å². The smallest absolute Gasteiger partial charge is 0.235 e. The first-order valence-electron chi connectivity index (χ1n) is 9.45. The number of ether oxygens (including phenoxy) is 2. The monoisotopic (exact) mass is 416 g/mol. The molecule has 1 N–H and O–H groups in total. The SMILES string of the molecule is COCC1(c2nc(-c3ccc(OCc4cccnc4)cc3)no2)CCNCC1.Cl. The molecular formula is C21H25ClN4O3. The molecule has 4 rings (SSSR count). The standard InChI is InChI=1S/C21H24N4O3.ClH/c1-26-15-21(8-11-22-12-9-21)20-24-19(25-28-20)17-4-6-18(7-5-17)27-14-16-3-2-10-23-13-16;/h2-7,10,13,22H,8-9,11-12,14-15H2,1H3;1H. The summed E-state index contributed by atoms with van der Waals surface area (Å²) in [5.41, 5.74) is 1.71. The van der Waals surface area contributed by atoms with Gasteiger partial charge in [-0.1, -0.05) is 11.2 Å². The zero-order chi connectivity index (χ0) is 19.2. The van der Waals surface area contributed by atoms with E-state index in [-0.39, 0.29) is 17.8 Å². The van der Waals surface area contributed by atoms with Gasteiger partial charge in [0.05, 0.1) is 12.0 Å². The molecule has 1 saturated heterocycles. The summed E-state index contributed by atoms with van der Waals surface area (Å²) in [7, 11) is 1.71. The summed E-state index contributed by atoms with van der Waals surface area (Å²) in [6, 6.07) is 11.6. The molecule has 3 heterocycles. The van der Waals surface area contributed by atoms with E-state index in [4.69, 9.17) is 14.0 Å². The van der Waals surface area contributed by atoms with Crippen molar-refractivity contribution in [2.45, 2.75) is 24.9 Å². The largest absolute Gasteiger partial charge is 0.489 e. The number of halogens is 1. The van der Waals surface area contributed by atoms with Crippen LogP contribution in [0.5, 0.6) is 5.75 Å². The molecule has 154 valence electrons. The first-order chi connectivity index (χ1) is 13.8. The second-order valence-corrected chi connectivity index (χ2v) is 7.06. The molecule has 0 atom stereocenters. The van der Waals surface area contributed by atoms with Crippen molar-refractivity contribution in [3.05, 3.63) is 60.2 Å². The lowest BCUT2D eigenvalue weighted by atomic mass is 9.79. The molecule has 1 fully saturated rings. The molecule has 1 aliphatic heterocycles. The number of pyridine rings is 1. The Morgan fingerprint density at radius 3 is 2.62 bits per heavy atom. The van der Waals surface area contributed by atoms with Crippen LogP contribution in [0.25, 0.3) is 11.4 Å². The van der Waals surface area contributed by atoms with Crippen LogP contribution >= 0.6 is 12.4 Å². The predicted molar refractivity (Wildman–Crippen MR) is 111 cm³/mol. The quantitative estimate of drug-likeness (QED) is 0.632. The zero-order valence-electron chi connectivity index (χ0n) is 16.3. The van der Waals surface area contributed by atoms with Crippen LogP contribution in [0.1, 0.15) is 24.3 Å². The van der Waals surface area contributed by atoms with Gasteiger partial charge in [-0.05, 0) is 56.3 Å². The number of aromatic nitrogens is 3. The van der Waals surface area contributed by atoms with E-state index in [2.05, 4.69) is 20.4 Å². The average Bonchev–Trinajstić information content (AvgIpc) is 3.25. The fourth-order valence-electron chi connectivity index (χ4n) is 3.51. The minimum atomic E-state index is -0.210. The summed E-state index contributed by atoms with van der Waals surface area (Å²) in [5, 5.41) is 7.57. The number of nitrogens with one attached hydrogen (secondary N) is 1. The second kappa shape index (κ2) is 9.82. The number of nitrogens with zero attached hydrogens (tertiary/aromatic N) is 3. The van der Waals surface area contributed by atoms with Gasteiger partial charge in [0.25, 0.3) is 0 Å². The maximum atomic E-state index is 5.80. The van der Waals surface area contributed by atoms with Crippen molar-refractivity contribution < 1.29 is 14.0 Å². The van der Waals surface area contributed by atoms with E-state index in [0.717, 1.165) is 42.8 Å². The van der Waals surface area contributed by atoms with Crippen LogP contribution in [0, 0.1) is 0 Å². The van der Waals surface area contributed by atoms with Gasteiger partial charge < -0.3 is 19.3 Å². The number of hydrogen-bond acceptors (Lipinski definition) is 7. The molecule has 1 aromatic carbocycles. The first-order valence-corrected chi connectivity index (χ1v) is 9.45. The van der Waals surface area contributed by atoms with E-state index >= 15 is 0 Å². The molecule has 0 saturated carbocycles. The van der Waals surface area contributed by atoms with E-state index in [1.165, 1.54) is 0 Å². The third-order valence-corrected chi connectivity index (χ3v) is 5.10. The molecule has 0 unspecified atom stereocenters. The average molecular weight is 417 g/mol. The Labute approximate surface area is 176 Å². The fraction of sp³-hybridized carbons (Fsp3) is 0.381. The molecule has 0 bridgehead atoms. The van der Waals surface area contributed by atoms with Crippen molar-refractivity contribution in [3.8, 4) is 17.1 Å². The number of piperidine rings is 1. The Kier molecular flexibility index (Phi) is 7.19. The van der Waals surface area contributed by atoms with E-state index in [1.807, 2.05) is 36.4 Å². The molecule has 7 nitrogen and oxygen atoms in total. The molecule has 1 aliphatic rings. The minimum absolute atomic E-state index is 0. The van der Waals surface area contributed by atoms with Crippen LogP contribution < -0.4 is 10.1 Å². The van der Waals surface area contributed by atoms with Crippen molar-refractivity contribution in [1.82, 2.24) is 20.4 Å². The Morgan fingerprint density at radius 2 is 1.93 bits per heavy atom. The highest BCUT2D eigenvalue weighted by Crippen LogP contribution is 2.34. The van der Waals surface area contributed by atoms with E-state index < -0.39 is 0 Å². The van der Waals surface area contributed by atoms with Gasteiger partial charge in [0.2, 0.25) is 11.7 Å². The van der Waals surface area contributed by atoms with Crippen molar-refractivity contribution in [3.63, 3.8) is 0 Å². The second-order valence-electron chi connectivity index (χ2n) is 7.06. The summed E-state index contributed by atoms with van der Waals surface area (Å²) in [5.74, 6) is 2.02. The van der Waals surface area contributed by atoms with E-state index in [0.29, 0.717) is 24.9 Å². The van der Waals surface area contributed by atoms with Gasteiger partial charge in [-0.2, -0.15) is 4.98 Å². The minimum Gasteiger partial charge on any atom is -0.489 e. The Balaban J connectivity index is 0.00000240. The van der Waals surface area contributed by atoms with Crippen LogP contribution in [-0.2, 0) is 16.8 Å². The molecule has 29 heavy (non-hydrogen) atoms. The lowest BCUT2D eigenvalue weighted by molar-refractivity contribution is 0.0850. The molecular weight excluding hydrogens is 392 g/mol. The number of methoxy groups -OCH3 is 1. The van der Waals surface area contributed by atoms with Gasteiger partial charge in [-0.15, -0.1) is 12.4 Å². The van der Waals surface area contributed by atoms with Crippen LogP contribution in [0.4, 0.5) is 0 Å². The molecule has 2 aromatic heterocycles. The lowest BCUT2D eigenvalue weighted by Crippen LogP contribution is -2.43. The summed E-state index contributed by atoms with van der Waals surface area (Å²) < 4.78 is 16.9. The topological polar surface area (TPSA) is 82.3 Å². The molecule has 0 radical (unpaired) electrons. The first kappa shape index (κ1) is 21.2. The van der Waals surface area contributed by atoms with Gasteiger partial charge >= 0.3 is 0 Å². The van der Waals surface area contributed by atoms with Gasteiger partial charge in [0.1, 0.15) is 12.4 Å². The Hall–Kier alpha value is -2.48. The molecule has 0 spiro atoms. The molecule has 0 amide bonds. The van der Waals surface area contributed by atoms with Gasteiger partial charge in [-0.25, -0.2) is 0 Å². The molecule has 0 aliphatic carbocycles. The fourth-order valence-corrected chi connectivity index (χ4v) is 3.51. The van der Waals surface area contributed by atoms with Gasteiger partial charge in [-0.3, -0.25) is 4.98 Å². The Bertz CT molecular complexity index is 875. The van der Waals surface area contributed by atoms with Crippen molar-refractivity contribution >= 4 is 12.4 Å². The third kappa shape index (κ3) is 4.93. The highest BCUT2D eigenvalue weighted by Gasteiger charge is 2.39. The highest BCUT2D eigenvalue weighted by molar-refractivity contribution is 5.85. The maximum absolute atomic E-state index is 5.80. The van der Waals surface area contributed by atoms with Crippen LogP contribution in [0.3, 0.4) is 0 Å². The van der Waals surface area contributed by atoms with Crippen LogP contribution in [-0.4, -0.2) is 41.9 Å². The number of benzene rings is 1. The lowest BCUT2D eigenvalue weighted by Gasteiger charge is -2.33. The summed E-state index contributed by atoms with van der Waals surface area (Å²) in [6.07, 6.45) is 5.39. The van der Waals surface area contributed by atoms with Gasteiger partial charge in [0, 0.05) is 30.6 Å².